The predicted octanol–water partition coefficient (Wildman–Crippen LogP) is 6.59. The summed E-state index contributed by atoms with van der Waals surface area (Å²) in [4.78, 5) is 28.0. The minimum absolute atomic E-state index is 0.0154. The number of hydrogen-bond acceptors (Lipinski definition) is 6. The van der Waals surface area contributed by atoms with Crippen LogP contribution in [0.4, 0.5) is 27.6 Å². The van der Waals surface area contributed by atoms with Crippen molar-refractivity contribution in [2.75, 3.05) is 51.3 Å². The third-order valence-corrected chi connectivity index (χ3v) is 7.57. The molecule has 0 radical (unpaired) electrons. The molecule has 3 aromatic carbocycles. The molecule has 1 saturated heterocycles. The van der Waals surface area contributed by atoms with Crippen molar-refractivity contribution in [3.05, 3.63) is 92.5 Å². The predicted molar refractivity (Wildman–Crippen MR) is 168 cm³/mol. The molecule has 2 N–H and O–H groups in total. The summed E-state index contributed by atoms with van der Waals surface area (Å²) in [5.41, 5.74) is -3.24. The quantitative estimate of drug-likeness (QED) is 0.141. The maximum absolute atomic E-state index is 15.1. The Kier molecular flexibility index (Phi) is 11.9. The van der Waals surface area contributed by atoms with E-state index in [-0.39, 0.29) is 33.7 Å². The Morgan fingerprint density at radius 3 is 2.45 bits per heavy atom. The molecule has 0 aliphatic carbocycles. The van der Waals surface area contributed by atoms with Gasteiger partial charge in [0.1, 0.15) is 22.2 Å². The number of alkyl halides is 3. The van der Waals surface area contributed by atoms with Crippen LogP contribution in [0.15, 0.2) is 48.5 Å². The average Bonchev–Trinajstić information content (AvgIpc) is 3.01. The van der Waals surface area contributed by atoms with Crippen LogP contribution in [-0.4, -0.2) is 68.1 Å². The number of nitrogens with zero attached hydrogens (tertiary/aromatic N) is 1. The zero-order valence-electron chi connectivity index (χ0n) is 25.3. The van der Waals surface area contributed by atoms with Crippen molar-refractivity contribution in [2.45, 2.75) is 25.6 Å². The Bertz CT molecular complexity index is 1700. The maximum atomic E-state index is 15.1. The fourth-order valence-electron chi connectivity index (χ4n) is 4.54. The van der Waals surface area contributed by atoms with Crippen LogP contribution >= 0.6 is 23.2 Å². The number of ketones is 1. The molecular weight excluding hydrogens is 668 g/mol. The molecule has 0 unspecified atom stereocenters. The highest BCUT2D eigenvalue weighted by molar-refractivity contribution is 6.34. The Labute approximate surface area is 278 Å². The topological polar surface area (TPSA) is 79.9 Å². The lowest BCUT2D eigenvalue weighted by Crippen LogP contribution is -2.45. The monoisotopic (exact) mass is 697 g/mol. The molecule has 3 aromatic rings. The third kappa shape index (κ3) is 10.1. The standard InChI is InChI=1S/C33H30Cl2F5N3O4/c1-32(2,47-14-13-43-11-9-41-10-12-43)8-7-20-3-5-26(29(35)30(20)37)42-28(44)19-46-27-6-4-23(34)18-25(27)31(45)21-15-22(33(38,39)40)17-24(36)16-21/h3-6,15-18,41H,9-14,19H2,1-2H3,(H,42,44). The molecule has 7 nitrogen and oxygen atoms in total. The number of amides is 1. The lowest BCUT2D eigenvalue weighted by molar-refractivity contribution is -0.137. The Balaban J connectivity index is 1.40. The Hall–Kier alpha value is -3.73. The number of carbonyl (C=O) groups excluding carboxylic acids is 2. The van der Waals surface area contributed by atoms with Crippen LogP contribution < -0.4 is 15.4 Å². The second kappa shape index (κ2) is 15.4. The van der Waals surface area contributed by atoms with Gasteiger partial charge in [0.2, 0.25) is 0 Å². The molecule has 0 spiro atoms. The summed E-state index contributed by atoms with van der Waals surface area (Å²) < 4.78 is 79.9. The van der Waals surface area contributed by atoms with Gasteiger partial charge in [0.05, 0.1) is 29.0 Å². The van der Waals surface area contributed by atoms with Gasteiger partial charge in [0, 0.05) is 43.3 Å². The molecule has 0 atom stereocenters. The summed E-state index contributed by atoms with van der Waals surface area (Å²) in [6.07, 6.45) is -4.90. The zero-order chi connectivity index (χ0) is 34.4. The number of piperazine rings is 1. The van der Waals surface area contributed by atoms with E-state index in [1.54, 1.807) is 13.8 Å². The van der Waals surface area contributed by atoms with Crippen molar-refractivity contribution in [1.29, 1.82) is 0 Å². The van der Waals surface area contributed by atoms with Crippen molar-refractivity contribution in [1.82, 2.24) is 10.2 Å². The molecule has 1 amide bonds. The number of carbonyl (C=O) groups is 2. The number of ether oxygens (including phenoxy) is 2. The van der Waals surface area contributed by atoms with Crippen LogP contribution in [0.2, 0.25) is 10.0 Å². The fourth-order valence-corrected chi connectivity index (χ4v) is 4.92. The van der Waals surface area contributed by atoms with Gasteiger partial charge in [-0.2, -0.15) is 13.2 Å². The highest BCUT2D eigenvalue weighted by Crippen LogP contribution is 2.33. The van der Waals surface area contributed by atoms with E-state index in [9.17, 15) is 27.2 Å². The first kappa shape index (κ1) is 36.1. The normalized spacial score (nSPS) is 13.9. The van der Waals surface area contributed by atoms with E-state index in [0.717, 1.165) is 38.8 Å². The summed E-state index contributed by atoms with van der Waals surface area (Å²) in [6.45, 7) is 7.73. The van der Waals surface area contributed by atoms with Gasteiger partial charge in [0.25, 0.3) is 5.91 Å². The van der Waals surface area contributed by atoms with Gasteiger partial charge >= 0.3 is 6.18 Å². The van der Waals surface area contributed by atoms with Crippen molar-refractivity contribution in [2.24, 2.45) is 0 Å². The Morgan fingerprint density at radius 1 is 1.02 bits per heavy atom. The van der Waals surface area contributed by atoms with Crippen molar-refractivity contribution in [3.63, 3.8) is 0 Å². The van der Waals surface area contributed by atoms with E-state index < -0.39 is 57.9 Å². The van der Waals surface area contributed by atoms with Crippen LogP contribution in [0.25, 0.3) is 0 Å². The van der Waals surface area contributed by atoms with Crippen LogP contribution in [0.1, 0.15) is 40.9 Å². The van der Waals surface area contributed by atoms with Gasteiger partial charge in [0.15, 0.2) is 18.2 Å². The van der Waals surface area contributed by atoms with E-state index in [1.807, 2.05) is 0 Å². The largest absolute Gasteiger partial charge is 0.483 e. The van der Waals surface area contributed by atoms with Gasteiger partial charge < -0.3 is 20.1 Å². The first-order valence-corrected chi connectivity index (χ1v) is 15.1. The molecule has 0 bridgehead atoms. The van der Waals surface area contributed by atoms with Gasteiger partial charge in [-0.1, -0.05) is 35.0 Å². The first-order chi connectivity index (χ1) is 22.1. The lowest BCUT2D eigenvalue weighted by Gasteiger charge is -2.28. The highest BCUT2D eigenvalue weighted by atomic mass is 35.5. The van der Waals surface area contributed by atoms with Crippen LogP contribution in [-0.2, 0) is 15.7 Å². The lowest BCUT2D eigenvalue weighted by atomic mass is 10.00. The second-order valence-corrected chi connectivity index (χ2v) is 11.8. The number of benzene rings is 3. The molecule has 1 aliphatic rings. The molecule has 1 heterocycles. The second-order valence-electron chi connectivity index (χ2n) is 11.0. The maximum Gasteiger partial charge on any atom is 0.416 e. The average molecular weight is 699 g/mol. The minimum atomic E-state index is -4.90. The van der Waals surface area contributed by atoms with Gasteiger partial charge in [-0.25, -0.2) is 8.78 Å². The third-order valence-electron chi connectivity index (χ3n) is 6.97. The molecule has 0 aromatic heterocycles. The SMILES string of the molecule is CC(C)(C#Cc1ccc(NC(=O)COc2ccc(Cl)cc2C(=O)c2cc(F)cc(C(F)(F)F)c2)c(Cl)c1F)OCCN1CCNCC1. The van der Waals surface area contributed by atoms with Gasteiger partial charge in [-0.15, -0.1) is 0 Å². The molecule has 1 aliphatic heterocycles. The molecule has 1 fully saturated rings. The summed E-state index contributed by atoms with van der Waals surface area (Å²) in [5.74, 6) is 1.45. The number of hydrogen-bond donors (Lipinski definition) is 2. The van der Waals surface area contributed by atoms with Gasteiger partial charge in [-0.05, 0) is 62.4 Å². The van der Waals surface area contributed by atoms with Crippen LogP contribution in [0, 0.1) is 23.5 Å². The zero-order valence-corrected chi connectivity index (χ0v) is 26.8. The van der Waals surface area contributed by atoms with Gasteiger partial charge in [-0.3, -0.25) is 14.5 Å². The van der Waals surface area contributed by atoms with E-state index in [2.05, 4.69) is 27.4 Å². The molecule has 47 heavy (non-hydrogen) atoms. The molecule has 250 valence electrons. The minimum Gasteiger partial charge on any atom is -0.483 e. The van der Waals surface area contributed by atoms with Crippen molar-refractivity contribution >= 4 is 40.6 Å². The first-order valence-electron chi connectivity index (χ1n) is 14.4. The number of nitrogens with one attached hydrogen (secondary N) is 2. The number of rotatable bonds is 10. The Morgan fingerprint density at radius 2 is 1.74 bits per heavy atom. The number of halogens is 7. The summed E-state index contributed by atoms with van der Waals surface area (Å²) in [7, 11) is 0. The van der Waals surface area contributed by atoms with E-state index in [1.165, 1.54) is 24.3 Å². The van der Waals surface area contributed by atoms with Crippen molar-refractivity contribution in [3.8, 4) is 17.6 Å². The summed E-state index contributed by atoms with van der Waals surface area (Å²) in [5, 5.41) is 5.31. The van der Waals surface area contributed by atoms with Crippen LogP contribution in [0.3, 0.4) is 0 Å². The molecular formula is C33H30Cl2F5N3O4. The number of anilines is 1. The molecule has 0 saturated carbocycles. The highest BCUT2D eigenvalue weighted by Gasteiger charge is 2.32. The summed E-state index contributed by atoms with van der Waals surface area (Å²) >= 11 is 12.2. The molecule has 4 rings (SSSR count). The van der Waals surface area contributed by atoms with E-state index in [4.69, 9.17) is 32.7 Å². The summed E-state index contributed by atoms with van der Waals surface area (Å²) in [6, 6.07) is 7.75. The fraction of sp³-hybridized carbons (Fsp3) is 0.333. The molecule has 14 heteroatoms. The van der Waals surface area contributed by atoms with E-state index in [0.29, 0.717) is 18.7 Å². The smallest absolute Gasteiger partial charge is 0.416 e. The van der Waals surface area contributed by atoms with Crippen LogP contribution in [0.5, 0.6) is 5.75 Å². The van der Waals surface area contributed by atoms with E-state index >= 15 is 4.39 Å². The van der Waals surface area contributed by atoms with Crippen molar-refractivity contribution < 1.29 is 41.0 Å².